The topological polar surface area (TPSA) is 58.4 Å². The summed E-state index contributed by atoms with van der Waals surface area (Å²) in [5.74, 6) is 0.0650. The van der Waals surface area contributed by atoms with Crippen molar-refractivity contribution in [1.29, 1.82) is 0 Å². The zero-order valence-corrected chi connectivity index (χ0v) is 13.7. The first-order valence-corrected chi connectivity index (χ1v) is 8.13. The fraction of sp³-hybridized carbons (Fsp3) is 0.444. The molecule has 1 amide bonds. The van der Waals surface area contributed by atoms with Gasteiger partial charge in [-0.1, -0.05) is 0 Å². The number of piperidine rings is 1. The molecule has 2 aromatic heterocycles. The molecule has 0 aliphatic carbocycles. The molecular weight excluding hydrogens is 290 g/mol. The van der Waals surface area contributed by atoms with Crippen molar-refractivity contribution >= 4 is 5.91 Å². The Morgan fingerprint density at radius 3 is 2.83 bits per heavy atom. The van der Waals surface area contributed by atoms with Crippen LogP contribution in [-0.4, -0.2) is 34.9 Å². The van der Waals surface area contributed by atoms with Crippen LogP contribution in [0.2, 0.25) is 0 Å². The fourth-order valence-electron chi connectivity index (χ4n) is 3.23. The lowest BCUT2D eigenvalue weighted by Crippen LogP contribution is -2.45. The highest BCUT2D eigenvalue weighted by atomic mass is 16.3. The summed E-state index contributed by atoms with van der Waals surface area (Å²) in [5, 5.41) is 3.69. The third kappa shape index (κ3) is 3.62. The highest BCUT2D eigenvalue weighted by Crippen LogP contribution is 2.20. The molecule has 0 radical (unpaired) electrons. The first kappa shape index (κ1) is 15.7. The molecule has 122 valence electrons. The number of nitrogens with one attached hydrogen (secondary N) is 1. The fourth-order valence-corrected chi connectivity index (χ4v) is 3.23. The predicted octanol–water partition coefficient (Wildman–Crippen LogP) is 2.94. The number of hydrogen-bond acceptors (Lipinski definition) is 4. The maximum absolute atomic E-state index is 12.3. The first-order valence-electron chi connectivity index (χ1n) is 8.13. The molecule has 1 saturated heterocycles. The second kappa shape index (κ2) is 6.96. The number of hydrogen-bond donors (Lipinski definition) is 1. The van der Waals surface area contributed by atoms with Crippen LogP contribution in [-0.2, 0) is 0 Å². The van der Waals surface area contributed by atoms with Crippen molar-refractivity contribution in [2.45, 2.75) is 38.8 Å². The number of carbonyl (C=O) groups excluding carboxylic acids is 1. The van der Waals surface area contributed by atoms with Crippen LogP contribution in [0.5, 0.6) is 0 Å². The van der Waals surface area contributed by atoms with Gasteiger partial charge in [0.2, 0.25) is 0 Å². The first-order chi connectivity index (χ1) is 11.1. The quantitative estimate of drug-likeness (QED) is 0.943. The van der Waals surface area contributed by atoms with Gasteiger partial charge in [0.1, 0.15) is 6.26 Å². The number of aromatic nitrogens is 1. The lowest BCUT2D eigenvalue weighted by Gasteiger charge is -2.34. The van der Waals surface area contributed by atoms with E-state index in [9.17, 15) is 4.79 Å². The van der Waals surface area contributed by atoms with Crippen LogP contribution in [0, 0.1) is 6.92 Å². The van der Waals surface area contributed by atoms with Crippen molar-refractivity contribution in [2.24, 2.45) is 0 Å². The van der Waals surface area contributed by atoms with Crippen molar-refractivity contribution in [1.82, 2.24) is 15.2 Å². The zero-order chi connectivity index (χ0) is 16.2. The molecule has 1 fully saturated rings. The standard InChI is InChI=1S/C18H23N3O2/c1-13-11-19-7-3-17(13)14(2)20-16-4-8-21(9-5-16)18(22)15-6-10-23-12-15/h3,6-7,10-12,14,16,20H,4-5,8-9H2,1-2H3. The zero-order valence-electron chi connectivity index (χ0n) is 13.7. The summed E-state index contributed by atoms with van der Waals surface area (Å²) in [6.45, 7) is 5.84. The number of amides is 1. The van der Waals surface area contributed by atoms with Gasteiger partial charge in [-0.15, -0.1) is 0 Å². The van der Waals surface area contributed by atoms with Crippen LogP contribution in [0.4, 0.5) is 0 Å². The van der Waals surface area contributed by atoms with Crippen LogP contribution in [0.1, 0.15) is 47.3 Å². The molecule has 1 N–H and O–H groups in total. The molecule has 1 atom stereocenters. The highest BCUT2D eigenvalue weighted by molar-refractivity contribution is 5.93. The molecule has 1 unspecified atom stereocenters. The third-order valence-corrected chi connectivity index (χ3v) is 4.57. The van der Waals surface area contributed by atoms with Crippen LogP contribution < -0.4 is 5.32 Å². The van der Waals surface area contributed by atoms with Gasteiger partial charge in [0.15, 0.2) is 0 Å². The minimum Gasteiger partial charge on any atom is -0.472 e. The highest BCUT2D eigenvalue weighted by Gasteiger charge is 2.25. The molecule has 0 bridgehead atoms. The molecule has 2 aromatic rings. The number of rotatable bonds is 4. The van der Waals surface area contributed by atoms with Crippen molar-refractivity contribution in [3.05, 3.63) is 53.7 Å². The minimum absolute atomic E-state index is 0.0650. The molecule has 3 heterocycles. The van der Waals surface area contributed by atoms with Gasteiger partial charge in [-0.3, -0.25) is 9.78 Å². The van der Waals surface area contributed by atoms with Crippen molar-refractivity contribution < 1.29 is 9.21 Å². The van der Waals surface area contributed by atoms with E-state index in [2.05, 4.69) is 30.2 Å². The van der Waals surface area contributed by atoms with Gasteiger partial charge in [0, 0.05) is 37.6 Å². The van der Waals surface area contributed by atoms with Crippen molar-refractivity contribution in [3.63, 3.8) is 0 Å². The molecule has 3 rings (SSSR count). The van der Waals surface area contributed by atoms with Gasteiger partial charge >= 0.3 is 0 Å². The molecular formula is C18H23N3O2. The average molecular weight is 313 g/mol. The Kier molecular flexibility index (Phi) is 4.76. The lowest BCUT2D eigenvalue weighted by atomic mass is 10.00. The Balaban J connectivity index is 1.53. The molecule has 23 heavy (non-hydrogen) atoms. The smallest absolute Gasteiger partial charge is 0.257 e. The summed E-state index contributed by atoms with van der Waals surface area (Å²) in [4.78, 5) is 18.4. The number of likely N-dealkylation sites (tertiary alicyclic amines) is 1. The lowest BCUT2D eigenvalue weighted by molar-refractivity contribution is 0.0701. The summed E-state index contributed by atoms with van der Waals surface area (Å²) in [6.07, 6.45) is 8.74. The van der Waals surface area contributed by atoms with Crippen LogP contribution in [0.25, 0.3) is 0 Å². The molecule has 5 nitrogen and oxygen atoms in total. The van der Waals surface area contributed by atoms with Gasteiger partial charge in [0.05, 0.1) is 11.8 Å². The molecule has 1 aliphatic rings. The van der Waals surface area contributed by atoms with E-state index in [0.29, 0.717) is 17.6 Å². The number of furan rings is 1. The van der Waals surface area contributed by atoms with E-state index in [-0.39, 0.29) is 5.91 Å². The Bertz CT molecular complexity index is 646. The normalized spacial score (nSPS) is 17.2. The number of nitrogens with zero attached hydrogens (tertiary/aromatic N) is 2. The Morgan fingerprint density at radius 1 is 1.39 bits per heavy atom. The Labute approximate surface area is 136 Å². The molecule has 0 aromatic carbocycles. The van der Waals surface area contributed by atoms with E-state index < -0.39 is 0 Å². The average Bonchev–Trinajstić information content (AvgIpc) is 3.09. The van der Waals surface area contributed by atoms with Gasteiger partial charge in [-0.25, -0.2) is 0 Å². The summed E-state index contributed by atoms with van der Waals surface area (Å²) >= 11 is 0. The van der Waals surface area contributed by atoms with Gasteiger partial charge < -0.3 is 14.6 Å². The Hall–Kier alpha value is -2.14. The maximum Gasteiger partial charge on any atom is 0.257 e. The SMILES string of the molecule is Cc1cnccc1C(C)NC1CCN(C(=O)c2ccoc2)CC1. The molecule has 5 heteroatoms. The predicted molar refractivity (Wildman–Crippen MR) is 88.2 cm³/mol. The molecule has 0 spiro atoms. The van der Waals surface area contributed by atoms with Crippen LogP contribution in [0.15, 0.2) is 41.5 Å². The third-order valence-electron chi connectivity index (χ3n) is 4.57. The summed E-state index contributed by atoms with van der Waals surface area (Å²) in [5.41, 5.74) is 3.13. The second-order valence-corrected chi connectivity index (χ2v) is 6.20. The van der Waals surface area contributed by atoms with E-state index in [1.165, 1.54) is 17.4 Å². The molecule has 0 saturated carbocycles. The van der Waals surface area contributed by atoms with E-state index in [1.54, 1.807) is 12.3 Å². The second-order valence-electron chi connectivity index (χ2n) is 6.20. The number of carbonyl (C=O) groups is 1. The molecule has 1 aliphatic heterocycles. The van der Waals surface area contributed by atoms with E-state index in [1.807, 2.05) is 17.3 Å². The van der Waals surface area contributed by atoms with E-state index in [4.69, 9.17) is 4.42 Å². The van der Waals surface area contributed by atoms with Crippen LogP contribution in [0.3, 0.4) is 0 Å². The van der Waals surface area contributed by atoms with Gasteiger partial charge in [-0.2, -0.15) is 0 Å². The minimum atomic E-state index is 0.0650. The number of pyridine rings is 1. The monoisotopic (exact) mass is 313 g/mol. The van der Waals surface area contributed by atoms with E-state index in [0.717, 1.165) is 25.9 Å². The maximum atomic E-state index is 12.3. The van der Waals surface area contributed by atoms with Crippen molar-refractivity contribution in [2.75, 3.05) is 13.1 Å². The summed E-state index contributed by atoms with van der Waals surface area (Å²) in [6, 6.07) is 4.52. The van der Waals surface area contributed by atoms with Crippen molar-refractivity contribution in [3.8, 4) is 0 Å². The summed E-state index contributed by atoms with van der Waals surface area (Å²) in [7, 11) is 0. The van der Waals surface area contributed by atoms with E-state index >= 15 is 0 Å². The largest absolute Gasteiger partial charge is 0.472 e. The van der Waals surface area contributed by atoms with Gasteiger partial charge in [0.25, 0.3) is 5.91 Å². The Morgan fingerprint density at radius 2 is 2.17 bits per heavy atom. The summed E-state index contributed by atoms with van der Waals surface area (Å²) < 4.78 is 5.00. The van der Waals surface area contributed by atoms with Crippen LogP contribution >= 0.6 is 0 Å². The number of aryl methyl sites for hydroxylation is 1. The van der Waals surface area contributed by atoms with Gasteiger partial charge in [-0.05, 0) is 49.9 Å².